The van der Waals surface area contributed by atoms with E-state index in [2.05, 4.69) is 22.1 Å². The summed E-state index contributed by atoms with van der Waals surface area (Å²) in [5.74, 6) is 0.766. The lowest BCUT2D eigenvalue weighted by molar-refractivity contribution is -0.127. The van der Waals surface area contributed by atoms with Crippen LogP contribution in [-0.4, -0.2) is 39.9 Å². The van der Waals surface area contributed by atoms with Crippen molar-refractivity contribution in [3.05, 3.63) is 90.2 Å². The van der Waals surface area contributed by atoms with E-state index in [-0.39, 0.29) is 24.8 Å². The maximum absolute atomic E-state index is 12.8. The molecule has 0 aliphatic carbocycles. The Morgan fingerprint density at radius 2 is 1.91 bits per heavy atom. The Bertz CT molecular complexity index is 1240. The molecule has 1 fully saturated rings. The molecule has 1 aliphatic rings. The van der Waals surface area contributed by atoms with Gasteiger partial charge in [-0.25, -0.2) is 0 Å². The first-order valence-corrected chi connectivity index (χ1v) is 11.7. The molecule has 4 rings (SSSR count). The van der Waals surface area contributed by atoms with Gasteiger partial charge in [0.25, 0.3) is 0 Å². The molecule has 2 aromatic carbocycles. The molecular formula is C25H21ClN4O3S. The van der Waals surface area contributed by atoms with Crippen LogP contribution in [0.25, 0.3) is 11.3 Å². The molecule has 1 unspecified atom stereocenters. The quantitative estimate of drug-likeness (QED) is 0.257. The summed E-state index contributed by atoms with van der Waals surface area (Å²) in [6.45, 7) is 3.97. The zero-order valence-electron chi connectivity index (χ0n) is 18.1. The topological polar surface area (TPSA) is 87.3 Å². The number of thioether (sulfide) groups is 1. The van der Waals surface area contributed by atoms with Gasteiger partial charge in [-0.2, -0.15) is 5.10 Å². The van der Waals surface area contributed by atoms with Gasteiger partial charge in [-0.3, -0.25) is 14.5 Å². The van der Waals surface area contributed by atoms with Crippen molar-refractivity contribution in [3.8, 4) is 11.3 Å². The molecule has 0 radical (unpaired) electrons. The van der Waals surface area contributed by atoms with Crippen LogP contribution in [0.3, 0.4) is 0 Å². The first-order chi connectivity index (χ1) is 16.5. The highest BCUT2D eigenvalue weighted by atomic mass is 35.5. The highest BCUT2D eigenvalue weighted by molar-refractivity contribution is 8.15. The van der Waals surface area contributed by atoms with Crippen LogP contribution in [-0.2, 0) is 9.59 Å². The standard InChI is InChI=1S/C25H21ClN4O3S/c1-2-14-30-24(32)22(15-23(31)28-19-10-8-18(26)9-11-19)34-25(30)29-27-16-20-12-13-21(33-20)17-6-4-3-5-7-17/h2-13,16,22H,1,14-15H2,(H,28,31)/b27-16+,29-25-. The zero-order chi connectivity index (χ0) is 23.9. The van der Waals surface area contributed by atoms with Crippen molar-refractivity contribution in [1.82, 2.24) is 4.90 Å². The summed E-state index contributed by atoms with van der Waals surface area (Å²) in [6, 6.07) is 20.1. The van der Waals surface area contributed by atoms with E-state index < -0.39 is 5.25 Å². The lowest BCUT2D eigenvalue weighted by Crippen LogP contribution is -2.33. The first kappa shape index (κ1) is 23.5. The van der Waals surface area contributed by atoms with Crippen molar-refractivity contribution in [2.45, 2.75) is 11.7 Å². The molecule has 3 aromatic rings. The number of anilines is 1. The smallest absolute Gasteiger partial charge is 0.243 e. The van der Waals surface area contributed by atoms with Gasteiger partial charge in [0.1, 0.15) is 16.8 Å². The number of nitrogens with zero attached hydrogens (tertiary/aromatic N) is 3. The van der Waals surface area contributed by atoms with E-state index in [1.54, 1.807) is 36.4 Å². The summed E-state index contributed by atoms with van der Waals surface area (Å²) < 4.78 is 5.78. The van der Waals surface area contributed by atoms with Gasteiger partial charge in [0.05, 0.1) is 6.21 Å². The normalized spacial score (nSPS) is 17.0. The van der Waals surface area contributed by atoms with Gasteiger partial charge in [0.15, 0.2) is 5.17 Å². The van der Waals surface area contributed by atoms with Crippen LogP contribution in [0.1, 0.15) is 12.2 Å². The fourth-order valence-electron chi connectivity index (χ4n) is 3.24. The van der Waals surface area contributed by atoms with E-state index in [0.717, 1.165) is 11.3 Å². The van der Waals surface area contributed by atoms with Crippen molar-refractivity contribution in [1.29, 1.82) is 0 Å². The molecule has 2 heterocycles. The number of hydrogen-bond acceptors (Lipinski definition) is 6. The molecule has 9 heteroatoms. The third-order valence-corrected chi connectivity index (χ3v) is 6.26. The molecule has 1 N–H and O–H groups in total. The minimum atomic E-state index is -0.602. The number of furan rings is 1. The monoisotopic (exact) mass is 492 g/mol. The Hall–Kier alpha value is -3.62. The Labute approximate surface area is 206 Å². The number of benzene rings is 2. The third kappa shape index (κ3) is 5.84. The average Bonchev–Trinajstić information content (AvgIpc) is 3.42. The number of amidine groups is 1. The number of rotatable bonds is 8. The van der Waals surface area contributed by atoms with Crippen molar-refractivity contribution < 1.29 is 14.0 Å². The lowest BCUT2D eigenvalue weighted by Gasteiger charge is -2.12. The van der Waals surface area contributed by atoms with Crippen molar-refractivity contribution >= 4 is 52.2 Å². The minimum Gasteiger partial charge on any atom is -0.455 e. The second kappa shape index (κ2) is 11.0. The van der Waals surface area contributed by atoms with E-state index in [0.29, 0.717) is 21.6 Å². The number of amides is 2. The summed E-state index contributed by atoms with van der Waals surface area (Å²) in [5.41, 5.74) is 1.57. The van der Waals surface area contributed by atoms with Crippen LogP contribution in [0, 0.1) is 0 Å². The predicted molar refractivity (Wildman–Crippen MR) is 137 cm³/mol. The average molecular weight is 493 g/mol. The Balaban J connectivity index is 1.42. The van der Waals surface area contributed by atoms with E-state index >= 15 is 0 Å². The third-order valence-electron chi connectivity index (χ3n) is 4.84. The number of halogens is 1. The van der Waals surface area contributed by atoms with Gasteiger partial charge in [-0.05, 0) is 36.4 Å². The Morgan fingerprint density at radius 1 is 1.15 bits per heavy atom. The molecule has 172 valence electrons. The van der Waals surface area contributed by atoms with E-state index in [1.807, 2.05) is 36.4 Å². The van der Waals surface area contributed by atoms with Gasteiger partial charge in [-0.1, -0.05) is 59.8 Å². The zero-order valence-corrected chi connectivity index (χ0v) is 19.6. The molecule has 1 saturated heterocycles. The molecule has 0 spiro atoms. The van der Waals surface area contributed by atoms with E-state index in [4.69, 9.17) is 16.0 Å². The van der Waals surface area contributed by atoms with Crippen LogP contribution in [0.2, 0.25) is 5.02 Å². The van der Waals surface area contributed by atoms with Crippen LogP contribution in [0.4, 0.5) is 5.69 Å². The summed E-state index contributed by atoms with van der Waals surface area (Å²) in [4.78, 5) is 26.8. The maximum atomic E-state index is 12.8. The highest BCUT2D eigenvalue weighted by Gasteiger charge is 2.38. The predicted octanol–water partition coefficient (Wildman–Crippen LogP) is 5.45. The molecule has 0 saturated carbocycles. The summed E-state index contributed by atoms with van der Waals surface area (Å²) in [5, 5.41) is 11.4. The summed E-state index contributed by atoms with van der Waals surface area (Å²) in [6.07, 6.45) is 3.09. The fraction of sp³-hybridized carbons (Fsp3) is 0.120. The van der Waals surface area contributed by atoms with Crippen molar-refractivity contribution in [3.63, 3.8) is 0 Å². The Morgan fingerprint density at radius 3 is 2.65 bits per heavy atom. The van der Waals surface area contributed by atoms with Crippen LogP contribution < -0.4 is 5.32 Å². The number of carbonyl (C=O) groups is 2. The van der Waals surface area contributed by atoms with E-state index in [9.17, 15) is 9.59 Å². The fourth-order valence-corrected chi connectivity index (χ4v) is 4.47. The van der Waals surface area contributed by atoms with Crippen molar-refractivity contribution in [2.24, 2.45) is 10.2 Å². The molecular weight excluding hydrogens is 472 g/mol. The van der Waals surface area contributed by atoms with Crippen LogP contribution in [0.5, 0.6) is 0 Å². The summed E-state index contributed by atoms with van der Waals surface area (Å²) in [7, 11) is 0. The van der Waals surface area contributed by atoms with Gasteiger partial charge < -0.3 is 9.73 Å². The largest absolute Gasteiger partial charge is 0.455 e. The SMILES string of the molecule is C=CCN1C(=O)C(CC(=O)Nc2ccc(Cl)cc2)S/C1=N\N=C\c1ccc(-c2ccccc2)o1. The first-order valence-electron chi connectivity index (χ1n) is 10.4. The number of nitrogens with one attached hydrogen (secondary N) is 1. The van der Waals surface area contributed by atoms with Gasteiger partial charge in [0, 0.05) is 29.2 Å². The molecule has 34 heavy (non-hydrogen) atoms. The second-order valence-corrected chi connectivity index (χ2v) is 8.90. The molecule has 1 atom stereocenters. The molecule has 1 aromatic heterocycles. The second-order valence-electron chi connectivity index (χ2n) is 7.30. The van der Waals surface area contributed by atoms with E-state index in [1.165, 1.54) is 22.9 Å². The van der Waals surface area contributed by atoms with Crippen LogP contribution in [0.15, 0.2) is 94.0 Å². The molecule has 2 amide bonds. The van der Waals surface area contributed by atoms with Crippen LogP contribution >= 0.6 is 23.4 Å². The lowest BCUT2D eigenvalue weighted by atomic mass is 10.2. The minimum absolute atomic E-state index is 0.00111. The van der Waals surface area contributed by atoms with Gasteiger partial charge >= 0.3 is 0 Å². The van der Waals surface area contributed by atoms with Gasteiger partial charge in [0.2, 0.25) is 11.8 Å². The number of carbonyl (C=O) groups excluding carboxylic acids is 2. The Kier molecular flexibility index (Phi) is 7.61. The maximum Gasteiger partial charge on any atom is 0.243 e. The van der Waals surface area contributed by atoms with Gasteiger partial charge in [-0.15, -0.1) is 11.7 Å². The van der Waals surface area contributed by atoms with Crippen molar-refractivity contribution in [2.75, 3.05) is 11.9 Å². The summed E-state index contributed by atoms with van der Waals surface area (Å²) >= 11 is 7.07. The molecule has 7 nitrogen and oxygen atoms in total. The number of hydrogen-bond donors (Lipinski definition) is 1. The molecule has 0 bridgehead atoms. The highest BCUT2D eigenvalue weighted by Crippen LogP contribution is 2.30. The molecule has 1 aliphatic heterocycles.